The van der Waals surface area contributed by atoms with Crippen molar-refractivity contribution in [2.24, 2.45) is 15.0 Å². The number of aliphatic imine (C=N–C) groups is 3. The molecule has 343 valence electrons. The Labute approximate surface area is 351 Å². The van der Waals surface area contributed by atoms with E-state index < -0.39 is 82.2 Å². The van der Waals surface area contributed by atoms with E-state index in [1.165, 1.54) is 25.4 Å². The van der Waals surface area contributed by atoms with Crippen molar-refractivity contribution in [3.8, 4) is 17.2 Å². The molecule has 0 saturated heterocycles. The Bertz CT molecular complexity index is 2220. The van der Waals surface area contributed by atoms with Crippen molar-refractivity contribution < 1.29 is 107 Å². The zero-order valence-corrected chi connectivity index (χ0v) is 33.7. The Hall–Kier alpha value is -4.60. The minimum Gasteiger partial charge on any atom is -0.507 e. The second-order valence-corrected chi connectivity index (χ2v) is 14.5. The Morgan fingerprint density at radius 3 is 1.16 bits per heavy atom. The number of phenolic OH excluding ortho intramolecular Hbond substituents is 3. The van der Waals surface area contributed by atoms with Crippen LogP contribution in [-0.4, -0.2) is 94.3 Å². The Kier molecular flexibility index (Phi) is 15.1. The number of phenols is 3. The van der Waals surface area contributed by atoms with Gasteiger partial charge >= 0.3 is 64.7 Å². The number of nitrogens with zero attached hydrogens (tertiary/aromatic N) is 3. The van der Waals surface area contributed by atoms with E-state index in [-0.39, 0.29) is 58.4 Å². The van der Waals surface area contributed by atoms with E-state index in [2.05, 4.69) is 15.0 Å². The van der Waals surface area contributed by atoms with Gasteiger partial charge in [0.05, 0.1) is 18.6 Å². The summed E-state index contributed by atoms with van der Waals surface area (Å²) in [6.45, 7) is 7.72. The van der Waals surface area contributed by atoms with E-state index in [0.29, 0.717) is 29.8 Å². The number of alkyl halides is 17. The SMILES string of the molecule is Cc1cc(C)c(O)c(C=NC[C@@](C)(CN=Cc2cc(C(F)(F)C(F)(F)C(F)(F)C(F)(F)C(F)(F)C(F)(F)C(F)(F)C(F)(F)F)cc(C)c2O)N=Cc2cc(C)cc(C)c2O)c1.[Fe+3]. The van der Waals surface area contributed by atoms with Crippen molar-refractivity contribution in [3.63, 3.8) is 0 Å². The van der Waals surface area contributed by atoms with Crippen molar-refractivity contribution >= 4 is 18.6 Å². The first-order valence-electron chi connectivity index (χ1n) is 17.1. The summed E-state index contributed by atoms with van der Waals surface area (Å²) in [5, 5.41) is 31.5. The second kappa shape index (κ2) is 17.5. The fraction of sp³-hybridized carbons (Fsp3) is 0.447. The van der Waals surface area contributed by atoms with E-state index in [1.54, 1.807) is 45.9 Å². The van der Waals surface area contributed by atoms with Crippen molar-refractivity contribution in [3.05, 3.63) is 86.5 Å². The van der Waals surface area contributed by atoms with Crippen molar-refractivity contribution in [2.75, 3.05) is 13.1 Å². The van der Waals surface area contributed by atoms with Gasteiger partial charge in [-0.25, -0.2) is 0 Å². The second-order valence-electron chi connectivity index (χ2n) is 14.5. The predicted octanol–water partition coefficient (Wildman–Crippen LogP) is 11.2. The van der Waals surface area contributed by atoms with Crippen LogP contribution >= 0.6 is 0 Å². The summed E-state index contributed by atoms with van der Waals surface area (Å²) in [6.07, 6.45) is -4.98. The molecule has 3 aromatic carbocycles. The van der Waals surface area contributed by atoms with Crippen molar-refractivity contribution in [1.82, 2.24) is 0 Å². The van der Waals surface area contributed by atoms with Gasteiger partial charge in [0.15, 0.2) is 0 Å². The summed E-state index contributed by atoms with van der Waals surface area (Å²) < 4.78 is 237. The van der Waals surface area contributed by atoms with Crippen LogP contribution in [0.15, 0.2) is 51.4 Å². The zero-order valence-electron chi connectivity index (χ0n) is 32.6. The molecule has 0 amide bonds. The van der Waals surface area contributed by atoms with Gasteiger partial charge in [0, 0.05) is 40.9 Å². The number of aromatic hydroxyl groups is 3. The number of hydrogen-bond acceptors (Lipinski definition) is 6. The maximum Gasteiger partial charge on any atom is 3.00 e. The summed E-state index contributed by atoms with van der Waals surface area (Å²) in [7, 11) is 0. The molecule has 0 fully saturated rings. The molecule has 62 heavy (non-hydrogen) atoms. The number of hydrogen-bond donors (Lipinski definition) is 3. The third kappa shape index (κ3) is 9.35. The molecular weight excluding hydrogens is 925 g/mol. The monoisotopic (exact) mass is 959 g/mol. The van der Waals surface area contributed by atoms with Gasteiger partial charge in [0.2, 0.25) is 0 Å². The smallest absolute Gasteiger partial charge is 0.507 e. The van der Waals surface area contributed by atoms with Crippen LogP contribution in [0, 0.1) is 34.6 Å². The normalized spacial score (nSPS) is 15.1. The molecule has 3 rings (SSSR count). The number of benzene rings is 3. The molecular formula is C38H34F17FeN3O3+3. The first kappa shape index (κ1) is 53.5. The van der Waals surface area contributed by atoms with Crippen molar-refractivity contribution in [2.45, 2.75) is 94.7 Å². The summed E-state index contributed by atoms with van der Waals surface area (Å²) >= 11 is 0. The van der Waals surface area contributed by atoms with E-state index in [9.17, 15) is 81.2 Å². The fourth-order valence-corrected chi connectivity index (χ4v) is 5.65. The summed E-state index contributed by atoms with van der Waals surface area (Å²) in [4.78, 5) is 12.6. The average Bonchev–Trinajstić information content (AvgIpc) is 3.11. The molecule has 0 aliphatic carbocycles. The average molecular weight is 960 g/mol. The molecule has 0 saturated carbocycles. The van der Waals surface area contributed by atoms with Crippen LogP contribution in [0.5, 0.6) is 17.2 Å². The molecule has 0 bridgehead atoms. The first-order valence-corrected chi connectivity index (χ1v) is 17.1. The minimum atomic E-state index is -8.78. The van der Waals surface area contributed by atoms with Crippen LogP contribution in [0.2, 0.25) is 0 Å². The van der Waals surface area contributed by atoms with Gasteiger partial charge in [-0.3, -0.25) is 15.0 Å². The third-order valence-corrected chi connectivity index (χ3v) is 9.20. The molecule has 0 spiro atoms. The number of halogens is 17. The predicted molar refractivity (Wildman–Crippen MR) is 189 cm³/mol. The van der Waals surface area contributed by atoms with Crippen LogP contribution in [0.4, 0.5) is 74.6 Å². The van der Waals surface area contributed by atoms with Crippen LogP contribution in [0.1, 0.15) is 57.0 Å². The summed E-state index contributed by atoms with van der Waals surface area (Å²) in [5.41, 5.74) is -3.26. The van der Waals surface area contributed by atoms with Gasteiger partial charge < -0.3 is 15.3 Å². The van der Waals surface area contributed by atoms with Gasteiger partial charge in [-0.15, -0.1) is 0 Å². The van der Waals surface area contributed by atoms with Gasteiger partial charge in [-0.1, -0.05) is 12.1 Å². The number of rotatable bonds is 15. The minimum absolute atomic E-state index is 0. The van der Waals surface area contributed by atoms with Crippen LogP contribution in [0.25, 0.3) is 0 Å². The van der Waals surface area contributed by atoms with Gasteiger partial charge in [-0.05, 0) is 93.6 Å². The quantitative estimate of drug-likeness (QED) is 0.0804. The number of aryl methyl sites for hydroxylation is 5. The fourth-order valence-electron chi connectivity index (χ4n) is 5.65. The summed E-state index contributed by atoms with van der Waals surface area (Å²) in [6, 6.07) is 5.84. The van der Waals surface area contributed by atoms with Crippen LogP contribution < -0.4 is 0 Å². The largest absolute Gasteiger partial charge is 3.00 e. The van der Waals surface area contributed by atoms with Crippen molar-refractivity contribution in [1.29, 1.82) is 0 Å². The Morgan fingerprint density at radius 2 is 0.774 bits per heavy atom. The summed E-state index contributed by atoms with van der Waals surface area (Å²) in [5.74, 6) is -59.3. The topological polar surface area (TPSA) is 97.8 Å². The molecule has 1 atom stereocenters. The van der Waals surface area contributed by atoms with E-state index in [0.717, 1.165) is 5.56 Å². The van der Waals surface area contributed by atoms with E-state index in [1.807, 2.05) is 0 Å². The molecule has 6 nitrogen and oxygen atoms in total. The van der Waals surface area contributed by atoms with Gasteiger partial charge in [0.25, 0.3) is 0 Å². The van der Waals surface area contributed by atoms with Crippen LogP contribution in [-0.2, 0) is 23.0 Å². The molecule has 0 heterocycles. The molecule has 0 aromatic heterocycles. The maximum atomic E-state index is 15.3. The Morgan fingerprint density at radius 1 is 0.452 bits per heavy atom. The van der Waals surface area contributed by atoms with Gasteiger partial charge in [0.1, 0.15) is 17.2 Å². The maximum absolute atomic E-state index is 15.3. The first-order chi connectivity index (χ1) is 27.3. The molecule has 0 unspecified atom stereocenters. The molecule has 1 radical (unpaired) electrons. The molecule has 0 aliphatic rings. The standard InChI is InChI=1S/C38H34F17N3O3.Fe/c1-18-7-20(3)27(59)23(9-18)13-56-16-30(6,58-15-24-10-19(2)8-21(4)28(24)60)17-57-14-25-12-26(11-22(5)29(25)61)31(39,40)32(41,42)33(43,44)34(45,46)35(47,48)36(49,50)37(51,52)38(53,54)55;/h7-15,59-61H,16-17H2,1-6H3;/q;+3/t30-;/m0./s1. The molecule has 0 aliphatic heterocycles. The zero-order chi connectivity index (χ0) is 47.3. The molecule has 3 N–H and O–H groups in total. The Balaban J connectivity index is 0.0000132. The molecule has 24 heteroatoms. The third-order valence-electron chi connectivity index (χ3n) is 9.20. The van der Waals surface area contributed by atoms with E-state index in [4.69, 9.17) is 0 Å². The van der Waals surface area contributed by atoms with Gasteiger partial charge in [-0.2, -0.15) is 74.6 Å². The van der Waals surface area contributed by atoms with Crippen LogP contribution in [0.3, 0.4) is 0 Å². The van der Waals surface area contributed by atoms with E-state index >= 15 is 8.78 Å². The molecule has 3 aromatic rings.